The summed E-state index contributed by atoms with van der Waals surface area (Å²) in [7, 11) is 3.21. The van der Waals surface area contributed by atoms with Gasteiger partial charge in [-0.05, 0) is 36.4 Å². The highest BCUT2D eigenvalue weighted by Gasteiger charge is 2.12. The van der Waals surface area contributed by atoms with Crippen molar-refractivity contribution in [1.29, 1.82) is 0 Å². The molecule has 0 saturated heterocycles. The molecule has 0 spiro atoms. The predicted molar refractivity (Wildman–Crippen MR) is 99.3 cm³/mol. The van der Waals surface area contributed by atoms with Gasteiger partial charge in [0, 0.05) is 24.2 Å². The molecule has 0 atom stereocenters. The Labute approximate surface area is 149 Å². The summed E-state index contributed by atoms with van der Waals surface area (Å²) >= 11 is 0. The number of rotatable bonds is 4. The van der Waals surface area contributed by atoms with Gasteiger partial charge in [0.2, 0.25) is 5.65 Å². The molecule has 0 bridgehead atoms. The van der Waals surface area contributed by atoms with Crippen molar-refractivity contribution < 1.29 is 9.47 Å². The normalized spacial score (nSPS) is 10.8. The van der Waals surface area contributed by atoms with E-state index in [1.54, 1.807) is 29.4 Å². The number of hydrogen-bond acceptors (Lipinski definition) is 4. The monoisotopic (exact) mass is 347 g/mol. The van der Waals surface area contributed by atoms with E-state index < -0.39 is 0 Å². The first-order valence-electron chi connectivity index (χ1n) is 8.09. The average Bonchev–Trinajstić information content (AvgIpc) is 3.14. The molecular formula is C20H17N3O3. The van der Waals surface area contributed by atoms with Crippen molar-refractivity contribution in [2.75, 3.05) is 14.2 Å². The first-order chi connectivity index (χ1) is 12.7. The van der Waals surface area contributed by atoms with Crippen molar-refractivity contribution in [2.45, 2.75) is 0 Å². The fourth-order valence-corrected chi connectivity index (χ4v) is 2.90. The Bertz CT molecular complexity index is 1130. The molecule has 6 nitrogen and oxygen atoms in total. The van der Waals surface area contributed by atoms with E-state index in [1.165, 1.54) is 0 Å². The highest BCUT2D eigenvalue weighted by molar-refractivity contribution is 5.63. The van der Waals surface area contributed by atoms with Gasteiger partial charge < -0.3 is 13.9 Å². The number of fused-ring (bicyclic) bond motifs is 1. The lowest BCUT2D eigenvalue weighted by molar-refractivity contribution is 0.412. The van der Waals surface area contributed by atoms with Crippen LogP contribution in [-0.4, -0.2) is 28.2 Å². The SMILES string of the molecule is COc1ccc(-c2cn3ccn(-c4ccccc4OC)c(=O)c3n2)cc1. The molecule has 0 aliphatic carbocycles. The number of ether oxygens (including phenoxy) is 2. The van der Waals surface area contributed by atoms with Crippen LogP contribution in [0.3, 0.4) is 0 Å². The number of aromatic nitrogens is 3. The molecule has 6 heteroatoms. The largest absolute Gasteiger partial charge is 0.497 e. The Morgan fingerprint density at radius 1 is 0.923 bits per heavy atom. The van der Waals surface area contributed by atoms with Gasteiger partial charge in [-0.1, -0.05) is 12.1 Å². The molecular weight excluding hydrogens is 330 g/mol. The fraction of sp³-hybridized carbons (Fsp3) is 0.100. The molecule has 2 aromatic carbocycles. The maximum atomic E-state index is 12.9. The summed E-state index contributed by atoms with van der Waals surface area (Å²) in [6.07, 6.45) is 5.36. The molecule has 0 aliphatic rings. The van der Waals surface area contributed by atoms with E-state index in [4.69, 9.17) is 9.47 Å². The Balaban J connectivity index is 1.84. The van der Waals surface area contributed by atoms with Crippen LogP contribution in [0.1, 0.15) is 0 Å². The van der Waals surface area contributed by atoms with Crippen molar-refractivity contribution in [2.24, 2.45) is 0 Å². The van der Waals surface area contributed by atoms with Gasteiger partial charge in [0.25, 0.3) is 5.56 Å². The van der Waals surface area contributed by atoms with Crippen LogP contribution in [0, 0.1) is 0 Å². The lowest BCUT2D eigenvalue weighted by Gasteiger charge is -2.10. The summed E-state index contributed by atoms with van der Waals surface area (Å²) in [6.45, 7) is 0. The maximum absolute atomic E-state index is 12.9. The second-order valence-corrected chi connectivity index (χ2v) is 5.73. The summed E-state index contributed by atoms with van der Waals surface area (Å²) in [6, 6.07) is 15.0. The molecule has 0 amide bonds. The number of hydrogen-bond donors (Lipinski definition) is 0. The van der Waals surface area contributed by atoms with Crippen LogP contribution in [-0.2, 0) is 0 Å². The van der Waals surface area contributed by atoms with Gasteiger partial charge in [-0.15, -0.1) is 0 Å². The molecule has 0 fully saturated rings. The number of para-hydroxylation sites is 2. The third-order valence-corrected chi connectivity index (χ3v) is 4.25. The van der Waals surface area contributed by atoms with Crippen LogP contribution in [0.15, 0.2) is 71.9 Å². The zero-order chi connectivity index (χ0) is 18.1. The van der Waals surface area contributed by atoms with Crippen LogP contribution in [0.25, 0.3) is 22.6 Å². The third kappa shape index (κ3) is 2.61. The molecule has 0 unspecified atom stereocenters. The number of imidazole rings is 1. The van der Waals surface area contributed by atoms with E-state index in [0.717, 1.165) is 17.0 Å². The molecule has 2 aromatic heterocycles. The summed E-state index contributed by atoms with van der Waals surface area (Å²) < 4.78 is 13.8. The number of nitrogens with zero attached hydrogens (tertiary/aromatic N) is 3. The van der Waals surface area contributed by atoms with Crippen molar-refractivity contribution in [3.63, 3.8) is 0 Å². The van der Waals surface area contributed by atoms with Gasteiger partial charge in [0.15, 0.2) is 0 Å². The zero-order valence-electron chi connectivity index (χ0n) is 14.4. The Kier molecular flexibility index (Phi) is 3.93. The first-order valence-corrected chi connectivity index (χ1v) is 8.09. The fourth-order valence-electron chi connectivity index (χ4n) is 2.90. The molecule has 130 valence electrons. The molecule has 0 aliphatic heterocycles. The molecule has 0 radical (unpaired) electrons. The van der Waals surface area contributed by atoms with Gasteiger partial charge in [-0.2, -0.15) is 0 Å². The highest BCUT2D eigenvalue weighted by Crippen LogP contribution is 2.23. The van der Waals surface area contributed by atoms with Crippen LogP contribution in [0.2, 0.25) is 0 Å². The molecule has 4 rings (SSSR count). The molecule has 0 saturated carbocycles. The van der Waals surface area contributed by atoms with E-state index in [9.17, 15) is 4.79 Å². The summed E-state index contributed by atoms with van der Waals surface area (Å²) in [4.78, 5) is 17.5. The topological polar surface area (TPSA) is 57.8 Å². The van der Waals surface area contributed by atoms with Crippen LogP contribution in [0.4, 0.5) is 0 Å². The van der Waals surface area contributed by atoms with Gasteiger partial charge in [-0.3, -0.25) is 9.36 Å². The molecule has 2 heterocycles. The number of benzene rings is 2. The molecule has 4 aromatic rings. The lowest BCUT2D eigenvalue weighted by atomic mass is 10.2. The van der Waals surface area contributed by atoms with Crippen molar-refractivity contribution >= 4 is 5.65 Å². The van der Waals surface area contributed by atoms with Crippen LogP contribution in [0.5, 0.6) is 11.5 Å². The Morgan fingerprint density at radius 2 is 1.69 bits per heavy atom. The maximum Gasteiger partial charge on any atom is 0.298 e. The molecule has 0 N–H and O–H groups in total. The van der Waals surface area contributed by atoms with Gasteiger partial charge >= 0.3 is 0 Å². The van der Waals surface area contributed by atoms with E-state index in [2.05, 4.69) is 4.98 Å². The van der Waals surface area contributed by atoms with Crippen molar-refractivity contribution in [3.05, 3.63) is 77.5 Å². The first kappa shape index (κ1) is 16.0. The quantitative estimate of drug-likeness (QED) is 0.569. The minimum atomic E-state index is -0.211. The van der Waals surface area contributed by atoms with Crippen molar-refractivity contribution in [3.8, 4) is 28.4 Å². The second-order valence-electron chi connectivity index (χ2n) is 5.73. The van der Waals surface area contributed by atoms with Gasteiger partial charge in [-0.25, -0.2) is 4.98 Å². The Morgan fingerprint density at radius 3 is 2.42 bits per heavy atom. The van der Waals surface area contributed by atoms with Crippen LogP contribution < -0.4 is 15.0 Å². The lowest BCUT2D eigenvalue weighted by Crippen LogP contribution is -2.20. The van der Waals surface area contributed by atoms with Crippen molar-refractivity contribution in [1.82, 2.24) is 14.0 Å². The smallest absolute Gasteiger partial charge is 0.298 e. The summed E-state index contributed by atoms with van der Waals surface area (Å²) in [5, 5.41) is 0. The zero-order valence-corrected chi connectivity index (χ0v) is 14.4. The van der Waals surface area contributed by atoms with E-state index >= 15 is 0 Å². The Hall–Kier alpha value is -3.54. The summed E-state index contributed by atoms with van der Waals surface area (Å²) in [5.74, 6) is 1.40. The summed E-state index contributed by atoms with van der Waals surface area (Å²) in [5.41, 5.74) is 2.46. The van der Waals surface area contributed by atoms with E-state index in [1.807, 2.05) is 60.9 Å². The highest BCUT2D eigenvalue weighted by atomic mass is 16.5. The van der Waals surface area contributed by atoms with Gasteiger partial charge in [0.1, 0.15) is 11.5 Å². The average molecular weight is 347 g/mol. The second kappa shape index (κ2) is 6.40. The third-order valence-electron chi connectivity index (χ3n) is 4.25. The van der Waals surface area contributed by atoms with Crippen LogP contribution >= 0.6 is 0 Å². The van der Waals surface area contributed by atoms with E-state index in [-0.39, 0.29) is 5.56 Å². The number of methoxy groups -OCH3 is 2. The molecule has 26 heavy (non-hydrogen) atoms. The van der Waals surface area contributed by atoms with Gasteiger partial charge in [0.05, 0.1) is 25.6 Å². The van der Waals surface area contributed by atoms with E-state index in [0.29, 0.717) is 17.1 Å². The minimum absolute atomic E-state index is 0.211. The standard InChI is InChI=1S/C20H17N3O3/c1-25-15-9-7-14(8-10-15)16-13-22-11-12-23(20(24)19(22)21-16)17-5-3-4-6-18(17)26-2/h3-13H,1-2H3. The minimum Gasteiger partial charge on any atom is -0.497 e. The predicted octanol–water partition coefficient (Wildman–Crippen LogP) is 3.17.